The van der Waals surface area contributed by atoms with Gasteiger partial charge in [-0.3, -0.25) is 0 Å². The number of H-pyrrole nitrogens is 1. The average molecular weight is 290 g/mol. The summed E-state index contributed by atoms with van der Waals surface area (Å²) in [6.45, 7) is 0. The molecule has 3 aromatic rings. The van der Waals surface area contributed by atoms with E-state index >= 15 is 0 Å². The number of rotatable bonds is 1. The van der Waals surface area contributed by atoms with Crippen LogP contribution in [0.3, 0.4) is 0 Å². The summed E-state index contributed by atoms with van der Waals surface area (Å²) in [6, 6.07) is 9.10. The van der Waals surface area contributed by atoms with E-state index in [0.29, 0.717) is 5.58 Å². The zero-order valence-electron chi connectivity index (χ0n) is 8.74. The van der Waals surface area contributed by atoms with Crippen LogP contribution >= 0.6 is 15.9 Å². The van der Waals surface area contributed by atoms with Crippen LogP contribution in [-0.2, 0) is 0 Å². The fourth-order valence-electron chi connectivity index (χ4n) is 1.87. The van der Waals surface area contributed by atoms with Crippen LogP contribution < -0.4 is 5.63 Å². The van der Waals surface area contributed by atoms with Crippen LogP contribution in [0.15, 0.2) is 56.4 Å². The Morgan fingerprint density at radius 2 is 2.06 bits per heavy atom. The SMILES string of the molecule is O=c1cc(-c2cc[nH]c2)c2ccc(Br)cc2o1. The van der Waals surface area contributed by atoms with E-state index in [1.54, 1.807) is 6.07 Å². The van der Waals surface area contributed by atoms with Crippen LogP contribution in [-0.4, -0.2) is 4.98 Å². The van der Waals surface area contributed by atoms with Crippen molar-refractivity contribution < 1.29 is 4.42 Å². The fourth-order valence-corrected chi connectivity index (χ4v) is 2.21. The second-order valence-corrected chi connectivity index (χ2v) is 4.63. The summed E-state index contributed by atoms with van der Waals surface area (Å²) in [5.41, 5.74) is 2.10. The Morgan fingerprint density at radius 3 is 2.82 bits per heavy atom. The molecule has 2 heterocycles. The van der Waals surface area contributed by atoms with Crippen molar-refractivity contribution in [3.05, 3.63) is 57.6 Å². The molecule has 0 spiro atoms. The van der Waals surface area contributed by atoms with Gasteiger partial charge in [-0.05, 0) is 24.3 Å². The quantitative estimate of drug-likeness (QED) is 0.697. The first-order chi connectivity index (χ1) is 8.24. The molecule has 1 N–H and O–H groups in total. The summed E-state index contributed by atoms with van der Waals surface area (Å²) in [4.78, 5) is 14.5. The van der Waals surface area contributed by atoms with Crippen LogP contribution in [0.1, 0.15) is 0 Å². The van der Waals surface area contributed by atoms with E-state index in [0.717, 1.165) is 21.0 Å². The monoisotopic (exact) mass is 289 g/mol. The third-order valence-corrected chi connectivity index (χ3v) is 3.11. The summed E-state index contributed by atoms with van der Waals surface area (Å²) in [7, 11) is 0. The van der Waals surface area contributed by atoms with Crippen molar-refractivity contribution in [3.8, 4) is 11.1 Å². The number of hydrogen-bond acceptors (Lipinski definition) is 2. The predicted molar refractivity (Wildman–Crippen MR) is 70.0 cm³/mol. The van der Waals surface area contributed by atoms with Gasteiger partial charge in [-0.1, -0.05) is 15.9 Å². The van der Waals surface area contributed by atoms with E-state index in [1.165, 1.54) is 6.07 Å². The van der Waals surface area contributed by atoms with E-state index in [-0.39, 0.29) is 5.63 Å². The lowest BCUT2D eigenvalue weighted by atomic mass is 10.1. The number of aromatic nitrogens is 1. The van der Waals surface area contributed by atoms with Gasteiger partial charge in [0.15, 0.2) is 0 Å². The Morgan fingerprint density at radius 1 is 1.18 bits per heavy atom. The van der Waals surface area contributed by atoms with E-state index in [4.69, 9.17) is 4.42 Å². The molecule has 4 heteroatoms. The van der Waals surface area contributed by atoms with Gasteiger partial charge in [-0.25, -0.2) is 4.79 Å². The summed E-state index contributed by atoms with van der Waals surface area (Å²) in [5.74, 6) is 0. The Bertz CT molecular complexity index is 729. The van der Waals surface area contributed by atoms with Gasteiger partial charge in [0.2, 0.25) is 0 Å². The Balaban J connectivity index is 2.42. The molecule has 0 saturated carbocycles. The van der Waals surface area contributed by atoms with Gasteiger partial charge in [0.05, 0.1) is 0 Å². The number of nitrogens with one attached hydrogen (secondary N) is 1. The summed E-state index contributed by atoms with van der Waals surface area (Å²) < 4.78 is 6.07. The van der Waals surface area contributed by atoms with Gasteiger partial charge in [0.1, 0.15) is 5.58 Å². The molecule has 0 fully saturated rings. The molecule has 0 aliphatic heterocycles. The zero-order valence-corrected chi connectivity index (χ0v) is 10.3. The topological polar surface area (TPSA) is 46.0 Å². The van der Waals surface area contributed by atoms with Crippen LogP contribution in [0, 0.1) is 0 Å². The minimum absolute atomic E-state index is 0.341. The largest absolute Gasteiger partial charge is 0.423 e. The van der Waals surface area contributed by atoms with Crippen molar-refractivity contribution in [1.82, 2.24) is 4.98 Å². The number of aromatic amines is 1. The highest BCUT2D eigenvalue weighted by Gasteiger charge is 2.08. The molecule has 0 amide bonds. The molecule has 0 aliphatic rings. The van der Waals surface area contributed by atoms with Crippen LogP contribution in [0.5, 0.6) is 0 Å². The summed E-state index contributed by atoms with van der Waals surface area (Å²) >= 11 is 3.36. The van der Waals surface area contributed by atoms with Crippen molar-refractivity contribution in [3.63, 3.8) is 0 Å². The fraction of sp³-hybridized carbons (Fsp3) is 0. The first-order valence-corrected chi connectivity index (χ1v) is 5.90. The van der Waals surface area contributed by atoms with Gasteiger partial charge in [-0.2, -0.15) is 0 Å². The highest BCUT2D eigenvalue weighted by Crippen LogP contribution is 2.28. The van der Waals surface area contributed by atoms with Gasteiger partial charge in [-0.15, -0.1) is 0 Å². The zero-order chi connectivity index (χ0) is 11.8. The van der Waals surface area contributed by atoms with E-state index in [2.05, 4.69) is 20.9 Å². The van der Waals surface area contributed by atoms with Crippen molar-refractivity contribution >= 4 is 26.9 Å². The van der Waals surface area contributed by atoms with Crippen LogP contribution in [0.2, 0.25) is 0 Å². The molecule has 17 heavy (non-hydrogen) atoms. The van der Waals surface area contributed by atoms with Gasteiger partial charge in [0.25, 0.3) is 0 Å². The second-order valence-electron chi connectivity index (χ2n) is 3.72. The van der Waals surface area contributed by atoms with Crippen molar-refractivity contribution in [2.45, 2.75) is 0 Å². The lowest BCUT2D eigenvalue weighted by Crippen LogP contribution is -1.97. The molecule has 3 rings (SSSR count). The molecule has 0 saturated heterocycles. The number of hydrogen-bond donors (Lipinski definition) is 1. The summed E-state index contributed by atoms with van der Waals surface area (Å²) in [6.07, 6.45) is 3.69. The molecule has 0 atom stereocenters. The first-order valence-electron chi connectivity index (χ1n) is 5.10. The number of benzene rings is 1. The molecule has 0 aliphatic carbocycles. The maximum atomic E-state index is 11.5. The van der Waals surface area contributed by atoms with Gasteiger partial charge in [0, 0.05) is 39.4 Å². The Labute approximate surface area is 105 Å². The molecular formula is C13H8BrNO2. The first kappa shape index (κ1) is 10.4. The van der Waals surface area contributed by atoms with E-state index in [9.17, 15) is 4.79 Å². The summed E-state index contributed by atoms with van der Waals surface area (Å²) in [5, 5.41) is 0.924. The highest BCUT2D eigenvalue weighted by molar-refractivity contribution is 9.10. The Hall–Kier alpha value is -1.81. The molecule has 1 aromatic carbocycles. The third-order valence-electron chi connectivity index (χ3n) is 2.62. The van der Waals surface area contributed by atoms with Crippen molar-refractivity contribution in [2.24, 2.45) is 0 Å². The molecule has 2 aromatic heterocycles. The van der Waals surface area contributed by atoms with Gasteiger partial charge < -0.3 is 9.40 Å². The standard InChI is InChI=1S/C13H8BrNO2/c14-9-1-2-10-11(8-3-4-15-7-8)6-13(16)17-12(10)5-9/h1-7,15H. The molecule has 3 nitrogen and oxygen atoms in total. The molecule has 0 radical (unpaired) electrons. The van der Waals surface area contributed by atoms with Gasteiger partial charge >= 0.3 is 5.63 Å². The van der Waals surface area contributed by atoms with E-state index < -0.39 is 0 Å². The second kappa shape index (κ2) is 3.89. The lowest BCUT2D eigenvalue weighted by molar-refractivity contribution is 0.561. The third kappa shape index (κ3) is 1.80. The molecular weight excluding hydrogens is 282 g/mol. The van der Waals surface area contributed by atoms with E-state index in [1.807, 2.05) is 30.6 Å². The lowest BCUT2D eigenvalue weighted by Gasteiger charge is -2.03. The number of halogens is 1. The van der Waals surface area contributed by atoms with Crippen molar-refractivity contribution in [2.75, 3.05) is 0 Å². The van der Waals surface area contributed by atoms with Crippen LogP contribution in [0.25, 0.3) is 22.1 Å². The minimum atomic E-state index is -0.341. The van der Waals surface area contributed by atoms with Crippen LogP contribution in [0.4, 0.5) is 0 Å². The van der Waals surface area contributed by atoms with Crippen molar-refractivity contribution in [1.29, 1.82) is 0 Å². The maximum absolute atomic E-state index is 11.5. The number of fused-ring (bicyclic) bond motifs is 1. The highest BCUT2D eigenvalue weighted by atomic mass is 79.9. The molecule has 0 bridgehead atoms. The predicted octanol–water partition coefficient (Wildman–Crippen LogP) is 3.55. The average Bonchev–Trinajstić information content (AvgIpc) is 2.80. The smallest absolute Gasteiger partial charge is 0.336 e. The Kier molecular flexibility index (Phi) is 2.37. The molecule has 0 unspecified atom stereocenters. The molecule has 84 valence electrons. The maximum Gasteiger partial charge on any atom is 0.336 e. The normalized spacial score (nSPS) is 10.9. The minimum Gasteiger partial charge on any atom is -0.423 e.